The van der Waals surface area contributed by atoms with E-state index in [-0.39, 0.29) is 11.7 Å². The van der Waals surface area contributed by atoms with Crippen molar-refractivity contribution >= 4 is 0 Å². The molecule has 0 aromatic heterocycles. The van der Waals surface area contributed by atoms with Crippen molar-refractivity contribution in [1.82, 2.24) is 0 Å². The maximum absolute atomic E-state index is 5.82. The lowest BCUT2D eigenvalue weighted by atomic mass is 9.83. The second-order valence-corrected chi connectivity index (χ2v) is 4.57. The summed E-state index contributed by atoms with van der Waals surface area (Å²) in [5.74, 6) is 0.971. The van der Waals surface area contributed by atoms with Crippen LogP contribution in [0.1, 0.15) is 31.9 Å². The van der Waals surface area contributed by atoms with E-state index in [0.29, 0.717) is 6.61 Å². The maximum Gasteiger partial charge on any atom is 0.209 e. The van der Waals surface area contributed by atoms with Crippen LogP contribution in [0, 0.1) is 6.92 Å². The van der Waals surface area contributed by atoms with Crippen LogP contribution in [-0.2, 0) is 10.2 Å². The first-order chi connectivity index (χ1) is 7.07. The van der Waals surface area contributed by atoms with E-state index in [9.17, 15) is 0 Å². The molecule has 2 heteroatoms. The molecule has 82 valence electrons. The number of hydrogen-bond donors (Lipinski definition) is 0. The highest BCUT2D eigenvalue weighted by atomic mass is 16.7. The van der Waals surface area contributed by atoms with Gasteiger partial charge >= 0.3 is 0 Å². The Kier molecular flexibility index (Phi) is 2.47. The highest BCUT2D eigenvalue weighted by Gasteiger charge is 2.43. The summed E-state index contributed by atoms with van der Waals surface area (Å²) in [5, 5.41) is 0. The van der Waals surface area contributed by atoms with E-state index in [4.69, 9.17) is 9.47 Å². The summed E-state index contributed by atoms with van der Waals surface area (Å²) in [4.78, 5) is 0. The van der Waals surface area contributed by atoms with Crippen LogP contribution in [-0.4, -0.2) is 12.9 Å². The van der Waals surface area contributed by atoms with Crippen LogP contribution in [0.5, 0.6) is 5.75 Å². The number of hydrogen-bond acceptors (Lipinski definition) is 2. The molecule has 1 atom stereocenters. The average Bonchev–Trinajstić information content (AvgIpc) is 2.40. The van der Waals surface area contributed by atoms with Crippen molar-refractivity contribution in [2.75, 3.05) is 6.61 Å². The standard InChI is InChI=1S/C13H18O2/c1-5-14-12-13(3,4)11-9(2)7-6-8-10(11)15-12/h6-8,12H,5H2,1-4H3. The number of ether oxygens (including phenoxy) is 2. The number of fused-ring (bicyclic) bond motifs is 1. The second kappa shape index (κ2) is 3.53. The van der Waals surface area contributed by atoms with Crippen molar-refractivity contribution in [1.29, 1.82) is 0 Å². The fourth-order valence-electron chi connectivity index (χ4n) is 2.34. The third-order valence-electron chi connectivity index (χ3n) is 3.02. The Morgan fingerprint density at radius 2 is 2.13 bits per heavy atom. The lowest BCUT2D eigenvalue weighted by Gasteiger charge is -2.26. The molecule has 0 fully saturated rings. The van der Waals surface area contributed by atoms with Crippen molar-refractivity contribution in [3.63, 3.8) is 0 Å². The van der Waals surface area contributed by atoms with E-state index in [1.165, 1.54) is 11.1 Å². The molecule has 0 aliphatic carbocycles. The molecule has 1 aliphatic rings. The van der Waals surface area contributed by atoms with Crippen LogP contribution >= 0.6 is 0 Å². The molecular formula is C13H18O2. The van der Waals surface area contributed by atoms with Gasteiger partial charge in [-0.25, -0.2) is 0 Å². The van der Waals surface area contributed by atoms with E-state index in [1.54, 1.807) is 0 Å². The third kappa shape index (κ3) is 1.53. The van der Waals surface area contributed by atoms with Crippen LogP contribution in [0.15, 0.2) is 18.2 Å². The summed E-state index contributed by atoms with van der Waals surface area (Å²) in [6, 6.07) is 6.17. The molecule has 1 aliphatic heterocycles. The topological polar surface area (TPSA) is 18.5 Å². The Labute approximate surface area is 91.2 Å². The number of aryl methyl sites for hydroxylation is 1. The molecule has 0 amide bonds. The van der Waals surface area contributed by atoms with Gasteiger partial charge in [-0.2, -0.15) is 0 Å². The lowest BCUT2D eigenvalue weighted by molar-refractivity contribution is -0.0982. The van der Waals surface area contributed by atoms with Gasteiger partial charge in [-0.1, -0.05) is 12.1 Å². The molecule has 2 nitrogen and oxygen atoms in total. The number of rotatable bonds is 2. The zero-order valence-electron chi connectivity index (χ0n) is 9.83. The predicted octanol–water partition coefficient (Wildman–Crippen LogP) is 3.03. The smallest absolute Gasteiger partial charge is 0.209 e. The molecule has 1 heterocycles. The molecular weight excluding hydrogens is 188 g/mol. The van der Waals surface area contributed by atoms with Gasteiger partial charge < -0.3 is 9.47 Å². The highest BCUT2D eigenvalue weighted by molar-refractivity contribution is 5.48. The van der Waals surface area contributed by atoms with Crippen LogP contribution < -0.4 is 4.74 Å². The minimum absolute atomic E-state index is 0.0588. The van der Waals surface area contributed by atoms with E-state index in [1.807, 2.05) is 19.1 Å². The van der Waals surface area contributed by atoms with Crippen LogP contribution in [0.4, 0.5) is 0 Å². The molecule has 0 bridgehead atoms. The molecule has 1 aromatic rings. The average molecular weight is 206 g/mol. The van der Waals surface area contributed by atoms with Crippen LogP contribution in [0.25, 0.3) is 0 Å². The van der Waals surface area contributed by atoms with Gasteiger partial charge in [0.1, 0.15) is 5.75 Å². The second-order valence-electron chi connectivity index (χ2n) is 4.57. The van der Waals surface area contributed by atoms with E-state index < -0.39 is 0 Å². The molecule has 0 N–H and O–H groups in total. The molecule has 0 radical (unpaired) electrons. The Morgan fingerprint density at radius 1 is 1.40 bits per heavy atom. The Morgan fingerprint density at radius 3 is 2.73 bits per heavy atom. The summed E-state index contributed by atoms with van der Waals surface area (Å²) >= 11 is 0. The largest absolute Gasteiger partial charge is 0.464 e. The summed E-state index contributed by atoms with van der Waals surface area (Å²) in [6.45, 7) is 9.15. The van der Waals surface area contributed by atoms with Crippen molar-refractivity contribution in [2.24, 2.45) is 0 Å². The number of benzene rings is 1. The SMILES string of the molecule is CCOC1Oc2cccc(C)c2C1(C)C. The molecule has 0 saturated heterocycles. The fourth-order valence-corrected chi connectivity index (χ4v) is 2.34. The first kappa shape index (κ1) is 10.5. The Bertz CT molecular complexity index is 369. The summed E-state index contributed by atoms with van der Waals surface area (Å²) < 4.78 is 11.5. The van der Waals surface area contributed by atoms with Gasteiger partial charge in [0.25, 0.3) is 0 Å². The molecule has 1 unspecified atom stereocenters. The Balaban J connectivity index is 2.44. The van der Waals surface area contributed by atoms with Gasteiger partial charge in [-0.15, -0.1) is 0 Å². The van der Waals surface area contributed by atoms with Gasteiger partial charge in [0.2, 0.25) is 6.29 Å². The zero-order valence-corrected chi connectivity index (χ0v) is 9.83. The van der Waals surface area contributed by atoms with E-state index >= 15 is 0 Å². The summed E-state index contributed by atoms with van der Waals surface area (Å²) in [7, 11) is 0. The van der Waals surface area contributed by atoms with Crippen LogP contribution in [0.3, 0.4) is 0 Å². The first-order valence-corrected chi connectivity index (χ1v) is 5.45. The third-order valence-corrected chi connectivity index (χ3v) is 3.02. The van der Waals surface area contributed by atoms with Crippen molar-refractivity contribution in [2.45, 2.75) is 39.4 Å². The quantitative estimate of drug-likeness (QED) is 0.740. The fraction of sp³-hybridized carbons (Fsp3) is 0.538. The highest BCUT2D eigenvalue weighted by Crippen LogP contribution is 2.44. The van der Waals surface area contributed by atoms with Gasteiger partial charge in [0, 0.05) is 12.2 Å². The van der Waals surface area contributed by atoms with Gasteiger partial charge in [0.15, 0.2) is 0 Å². The molecule has 0 saturated carbocycles. The summed E-state index contributed by atoms with van der Waals surface area (Å²) in [6.07, 6.45) is -0.154. The molecule has 15 heavy (non-hydrogen) atoms. The van der Waals surface area contributed by atoms with Crippen LogP contribution in [0.2, 0.25) is 0 Å². The minimum Gasteiger partial charge on any atom is -0.464 e. The van der Waals surface area contributed by atoms with E-state index in [2.05, 4.69) is 26.8 Å². The van der Waals surface area contributed by atoms with Gasteiger partial charge in [-0.3, -0.25) is 0 Å². The molecule has 1 aromatic carbocycles. The predicted molar refractivity (Wildman–Crippen MR) is 60.2 cm³/mol. The normalized spacial score (nSPS) is 22.3. The van der Waals surface area contributed by atoms with Gasteiger partial charge in [0.05, 0.1) is 5.41 Å². The van der Waals surface area contributed by atoms with Crippen molar-refractivity contribution in [3.8, 4) is 5.75 Å². The monoisotopic (exact) mass is 206 g/mol. The zero-order chi connectivity index (χ0) is 11.1. The maximum atomic E-state index is 5.82. The van der Waals surface area contributed by atoms with E-state index in [0.717, 1.165) is 5.75 Å². The molecule has 2 rings (SSSR count). The van der Waals surface area contributed by atoms with Crippen molar-refractivity contribution in [3.05, 3.63) is 29.3 Å². The minimum atomic E-state index is -0.154. The van der Waals surface area contributed by atoms with Gasteiger partial charge in [-0.05, 0) is 39.3 Å². The lowest BCUT2D eigenvalue weighted by Crippen LogP contribution is -2.35. The summed E-state index contributed by atoms with van der Waals surface area (Å²) in [5.41, 5.74) is 2.50. The Hall–Kier alpha value is -1.02. The van der Waals surface area contributed by atoms with Crippen molar-refractivity contribution < 1.29 is 9.47 Å². The first-order valence-electron chi connectivity index (χ1n) is 5.45. The molecule has 0 spiro atoms.